The molecule has 2 atom stereocenters. The van der Waals surface area contributed by atoms with Crippen LogP contribution in [0.15, 0.2) is 12.1 Å². The number of rotatable bonds is 3. The number of anilines is 1. The molecule has 194 valence electrons. The van der Waals surface area contributed by atoms with Gasteiger partial charge in [-0.05, 0) is 46.5 Å². The summed E-state index contributed by atoms with van der Waals surface area (Å²) in [5.41, 5.74) is -0.852. The van der Waals surface area contributed by atoms with Crippen LogP contribution in [0.2, 0.25) is 5.02 Å². The molecule has 3 aliphatic rings. The zero-order valence-corrected chi connectivity index (χ0v) is 21.5. The van der Waals surface area contributed by atoms with Crippen molar-refractivity contribution in [1.29, 1.82) is 0 Å². The van der Waals surface area contributed by atoms with E-state index in [1.54, 1.807) is 4.90 Å². The van der Waals surface area contributed by atoms with E-state index >= 15 is 0 Å². The van der Waals surface area contributed by atoms with E-state index in [0.29, 0.717) is 26.2 Å². The molecule has 1 amide bonds. The molecule has 2 saturated heterocycles. The number of aromatic hydroxyl groups is 1. The molecule has 0 spiro atoms. The molecule has 2 aromatic rings. The third-order valence-electron chi connectivity index (χ3n) is 7.48. The normalized spacial score (nSPS) is 23.4. The van der Waals surface area contributed by atoms with E-state index in [9.17, 15) is 18.7 Å². The summed E-state index contributed by atoms with van der Waals surface area (Å²) >= 11 is 6.72. The quantitative estimate of drug-likeness (QED) is 0.642. The van der Waals surface area contributed by atoms with E-state index in [0.717, 1.165) is 18.6 Å². The zero-order valence-electron chi connectivity index (χ0n) is 20.7. The van der Waals surface area contributed by atoms with Crippen LogP contribution in [-0.4, -0.2) is 90.3 Å². The molecular formula is C25H30ClF2N5O3. The van der Waals surface area contributed by atoms with Gasteiger partial charge in [0.1, 0.15) is 34.5 Å². The molecule has 0 bridgehead atoms. The lowest BCUT2D eigenvalue weighted by atomic mass is 9.99. The van der Waals surface area contributed by atoms with Crippen molar-refractivity contribution in [3.63, 3.8) is 0 Å². The number of ether oxygens (including phenoxy) is 1. The Kier molecular flexibility index (Phi) is 6.25. The molecular weight excluding hydrogens is 492 g/mol. The molecule has 3 aliphatic heterocycles. The highest BCUT2D eigenvalue weighted by molar-refractivity contribution is 6.35. The number of piperazine rings is 1. The van der Waals surface area contributed by atoms with Gasteiger partial charge >= 0.3 is 0 Å². The third-order valence-corrected chi connectivity index (χ3v) is 7.83. The van der Waals surface area contributed by atoms with Gasteiger partial charge in [0.05, 0.1) is 11.6 Å². The Labute approximate surface area is 213 Å². The number of aromatic nitrogens is 1. The molecule has 8 nitrogen and oxygen atoms in total. The van der Waals surface area contributed by atoms with E-state index in [1.807, 2.05) is 19.0 Å². The van der Waals surface area contributed by atoms with Gasteiger partial charge in [-0.2, -0.15) is 0 Å². The van der Waals surface area contributed by atoms with Gasteiger partial charge in [0.25, 0.3) is 5.91 Å². The predicted molar refractivity (Wildman–Crippen MR) is 133 cm³/mol. The molecule has 1 aromatic heterocycles. The maximum atomic E-state index is 15.0. The first-order valence-electron chi connectivity index (χ1n) is 12.0. The second-order valence-corrected chi connectivity index (χ2v) is 10.8. The molecule has 0 saturated carbocycles. The van der Waals surface area contributed by atoms with Crippen molar-refractivity contribution < 1.29 is 23.4 Å². The van der Waals surface area contributed by atoms with Gasteiger partial charge in [-0.3, -0.25) is 4.79 Å². The lowest BCUT2D eigenvalue weighted by molar-refractivity contribution is 0.0606. The van der Waals surface area contributed by atoms with Crippen LogP contribution in [-0.2, 0) is 0 Å². The predicted octanol–water partition coefficient (Wildman–Crippen LogP) is 3.11. The van der Waals surface area contributed by atoms with Crippen molar-refractivity contribution in [2.75, 3.05) is 51.8 Å². The molecule has 4 heterocycles. The fraction of sp³-hybridized carbons (Fsp3) is 0.520. The van der Waals surface area contributed by atoms with Crippen LogP contribution < -0.4 is 15.0 Å². The highest BCUT2D eigenvalue weighted by Gasteiger charge is 2.45. The van der Waals surface area contributed by atoms with Gasteiger partial charge in [0.15, 0.2) is 17.3 Å². The van der Waals surface area contributed by atoms with Crippen LogP contribution >= 0.6 is 11.6 Å². The SMILES string of the molecule is CN(C)[C@@H]1CN(c2nc(-c3c(F)ccc(F)c3O)c(Cl)c3c2C(=O)N2CCNC[C@@H]2CO3)C(C)(C)C1. The Balaban J connectivity index is 1.78. The summed E-state index contributed by atoms with van der Waals surface area (Å²) in [4.78, 5) is 24.5. The number of phenolic OH excluding ortho intramolecular Hbond substituents is 1. The number of nitrogens with zero attached hydrogens (tertiary/aromatic N) is 4. The maximum Gasteiger partial charge on any atom is 0.261 e. The van der Waals surface area contributed by atoms with E-state index < -0.39 is 28.5 Å². The number of hydrogen-bond donors (Lipinski definition) is 2. The number of fused-ring (bicyclic) bond motifs is 2. The van der Waals surface area contributed by atoms with Gasteiger partial charge in [0.2, 0.25) is 0 Å². The molecule has 2 fully saturated rings. The molecule has 0 radical (unpaired) electrons. The summed E-state index contributed by atoms with van der Waals surface area (Å²) in [5.74, 6) is -2.70. The smallest absolute Gasteiger partial charge is 0.261 e. The van der Waals surface area contributed by atoms with Crippen LogP contribution in [0.3, 0.4) is 0 Å². The minimum atomic E-state index is -1.00. The van der Waals surface area contributed by atoms with Crippen LogP contribution in [0, 0.1) is 11.6 Å². The van der Waals surface area contributed by atoms with Crippen LogP contribution in [0.5, 0.6) is 11.5 Å². The first kappa shape index (κ1) is 25.0. The number of hydrogen-bond acceptors (Lipinski definition) is 7. The van der Waals surface area contributed by atoms with Crippen molar-refractivity contribution in [1.82, 2.24) is 20.1 Å². The number of benzene rings is 1. The Morgan fingerprint density at radius 2 is 1.97 bits per heavy atom. The molecule has 2 N–H and O–H groups in total. The lowest BCUT2D eigenvalue weighted by Crippen LogP contribution is -2.55. The number of nitrogens with one attached hydrogen (secondary N) is 1. The fourth-order valence-electron chi connectivity index (χ4n) is 5.41. The molecule has 5 rings (SSSR count). The number of carbonyl (C=O) groups excluding carboxylic acids is 1. The zero-order chi connectivity index (χ0) is 25.9. The van der Waals surface area contributed by atoms with Crippen molar-refractivity contribution in [3.8, 4) is 22.8 Å². The minimum absolute atomic E-state index is 0.0724. The second kappa shape index (κ2) is 9.00. The average Bonchev–Trinajstić information content (AvgIpc) is 3.08. The number of likely N-dealkylation sites (N-methyl/N-ethyl adjacent to an activating group) is 1. The monoisotopic (exact) mass is 521 g/mol. The molecule has 0 aliphatic carbocycles. The van der Waals surface area contributed by atoms with Gasteiger partial charge < -0.3 is 29.9 Å². The highest BCUT2D eigenvalue weighted by Crippen LogP contribution is 2.48. The Morgan fingerprint density at radius 1 is 1.25 bits per heavy atom. The van der Waals surface area contributed by atoms with Crippen molar-refractivity contribution in [3.05, 3.63) is 34.4 Å². The molecule has 1 aromatic carbocycles. The Hall–Kier alpha value is -2.69. The van der Waals surface area contributed by atoms with Gasteiger partial charge in [0, 0.05) is 37.8 Å². The fourth-order valence-corrected chi connectivity index (χ4v) is 5.70. The van der Waals surface area contributed by atoms with Gasteiger partial charge in [-0.15, -0.1) is 0 Å². The topological polar surface area (TPSA) is 81.2 Å². The van der Waals surface area contributed by atoms with E-state index in [1.165, 1.54) is 0 Å². The highest BCUT2D eigenvalue weighted by atomic mass is 35.5. The first-order valence-corrected chi connectivity index (χ1v) is 12.4. The number of amides is 1. The van der Waals surface area contributed by atoms with Crippen molar-refractivity contribution in [2.45, 2.75) is 37.9 Å². The standard InChI is InChI=1S/C25H30ClF2N5O3/c1-25(2)9-13(31(3)4)11-33(25)23-18-22(36-12-14-10-29-7-8-32(14)24(18)35)19(26)20(30-23)17-15(27)5-6-16(28)21(17)34/h5-6,13-14,29,34H,7-12H2,1-4H3/t13-,14+/m0/s1. The minimum Gasteiger partial charge on any atom is -0.504 e. The first-order chi connectivity index (χ1) is 17.0. The number of pyridine rings is 1. The summed E-state index contributed by atoms with van der Waals surface area (Å²) in [6, 6.07) is 1.70. The Bertz CT molecular complexity index is 1220. The van der Waals surface area contributed by atoms with Crippen LogP contribution in [0.1, 0.15) is 30.6 Å². The maximum absolute atomic E-state index is 15.0. The molecule has 0 unspecified atom stereocenters. The number of phenols is 1. The molecule has 36 heavy (non-hydrogen) atoms. The third kappa shape index (κ3) is 3.95. The second-order valence-electron chi connectivity index (χ2n) is 10.5. The average molecular weight is 522 g/mol. The van der Waals surface area contributed by atoms with Crippen molar-refractivity contribution in [2.24, 2.45) is 0 Å². The summed E-state index contributed by atoms with van der Waals surface area (Å²) < 4.78 is 35.4. The summed E-state index contributed by atoms with van der Waals surface area (Å²) in [6.45, 7) is 6.53. The Morgan fingerprint density at radius 3 is 2.67 bits per heavy atom. The summed E-state index contributed by atoms with van der Waals surface area (Å²) in [5, 5.41) is 13.6. The van der Waals surface area contributed by atoms with Gasteiger partial charge in [-0.1, -0.05) is 11.6 Å². The van der Waals surface area contributed by atoms with Gasteiger partial charge in [-0.25, -0.2) is 13.8 Å². The van der Waals surface area contributed by atoms with E-state index in [4.69, 9.17) is 16.3 Å². The summed E-state index contributed by atoms with van der Waals surface area (Å²) in [6.07, 6.45) is 0.791. The van der Waals surface area contributed by atoms with Crippen LogP contribution in [0.25, 0.3) is 11.3 Å². The lowest BCUT2D eigenvalue weighted by Gasteiger charge is -2.36. The van der Waals surface area contributed by atoms with E-state index in [2.05, 4.69) is 29.0 Å². The van der Waals surface area contributed by atoms with Crippen LogP contribution in [0.4, 0.5) is 14.6 Å². The molecule has 11 heteroatoms. The number of carbonyl (C=O) groups is 1. The van der Waals surface area contributed by atoms with Crippen molar-refractivity contribution >= 4 is 23.3 Å². The number of halogens is 3. The summed E-state index contributed by atoms with van der Waals surface area (Å²) in [7, 11) is 3.98. The van der Waals surface area contributed by atoms with E-state index in [-0.39, 0.29) is 52.4 Å². The largest absolute Gasteiger partial charge is 0.504 e.